The highest BCUT2D eigenvalue weighted by Crippen LogP contribution is 2.60. The van der Waals surface area contributed by atoms with Gasteiger partial charge in [0.25, 0.3) is 0 Å². The molecular formula is C14H18N2OS. The monoisotopic (exact) mass is 262 g/mol. The van der Waals surface area contributed by atoms with Gasteiger partial charge in [-0.2, -0.15) is 0 Å². The molecule has 0 saturated heterocycles. The molecular weight excluding hydrogens is 244 g/mol. The van der Waals surface area contributed by atoms with Crippen LogP contribution >= 0.6 is 11.3 Å². The van der Waals surface area contributed by atoms with Crippen molar-refractivity contribution in [2.75, 3.05) is 5.32 Å². The molecule has 4 saturated carbocycles. The predicted molar refractivity (Wildman–Crippen MR) is 71.3 cm³/mol. The molecule has 0 atom stereocenters. The fourth-order valence-electron chi connectivity index (χ4n) is 4.91. The highest BCUT2D eigenvalue weighted by molar-refractivity contribution is 7.07. The molecule has 1 amide bonds. The standard InChI is InChI=1S/C14H18N2OS/c17-13(16-12-7-18-8-15-12)14-4-9-1-10(5-14)3-11(2-9)6-14/h7-11H,1-6H2,(H,16,17). The second-order valence-corrected chi connectivity index (χ2v) is 7.24. The van der Waals surface area contributed by atoms with E-state index in [1.165, 1.54) is 30.6 Å². The van der Waals surface area contributed by atoms with E-state index in [1.807, 2.05) is 5.38 Å². The minimum atomic E-state index is -0.0572. The molecule has 4 aliphatic carbocycles. The quantitative estimate of drug-likeness (QED) is 0.888. The Kier molecular flexibility index (Phi) is 2.31. The Morgan fingerprint density at radius 3 is 2.33 bits per heavy atom. The number of aromatic nitrogens is 1. The lowest BCUT2D eigenvalue weighted by molar-refractivity contribution is -0.140. The van der Waals surface area contributed by atoms with Gasteiger partial charge in [-0.25, -0.2) is 4.98 Å². The third-order valence-electron chi connectivity index (χ3n) is 5.19. The highest BCUT2D eigenvalue weighted by atomic mass is 32.1. The molecule has 96 valence electrons. The number of thiazole rings is 1. The summed E-state index contributed by atoms with van der Waals surface area (Å²) in [5.41, 5.74) is 1.72. The van der Waals surface area contributed by atoms with Crippen LogP contribution in [0, 0.1) is 23.2 Å². The summed E-state index contributed by atoms with van der Waals surface area (Å²) in [7, 11) is 0. The number of nitrogens with zero attached hydrogens (tertiary/aromatic N) is 1. The van der Waals surface area contributed by atoms with Gasteiger partial charge in [0.2, 0.25) is 5.91 Å². The lowest BCUT2D eigenvalue weighted by atomic mass is 9.49. The number of anilines is 1. The van der Waals surface area contributed by atoms with Gasteiger partial charge in [-0.05, 0) is 56.3 Å². The highest BCUT2D eigenvalue weighted by Gasteiger charge is 2.54. The summed E-state index contributed by atoms with van der Waals surface area (Å²) in [5, 5.41) is 4.95. The Morgan fingerprint density at radius 2 is 1.83 bits per heavy atom. The predicted octanol–water partition coefficient (Wildman–Crippen LogP) is 3.30. The lowest BCUT2D eigenvalue weighted by Crippen LogP contribution is -2.51. The van der Waals surface area contributed by atoms with Crippen LogP contribution in [-0.2, 0) is 4.79 Å². The van der Waals surface area contributed by atoms with Gasteiger partial charge in [-0.1, -0.05) is 0 Å². The van der Waals surface area contributed by atoms with E-state index in [1.54, 1.807) is 5.51 Å². The molecule has 0 radical (unpaired) electrons. The summed E-state index contributed by atoms with van der Waals surface area (Å²) in [5.74, 6) is 3.43. The van der Waals surface area contributed by atoms with Crippen LogP contribution in [0.1, 0.15) is 38.5 Å². The Hall–Kier alpha value is -0.900. The first kappa shape index (κ1) is 11.0. The van der Waals surface area contributed by atoms with Gasteiger partial charge in [0.05, 0.1) is 10.9 Å². The zero-order valence-corrected chi connectivity index (χ0v) is 11.2. The van der Waals surface area contributed by atoms with Crippen LogP contribution in [0.25, 0.3) is 0 Å². The van der Waals surface area contributed by atoms with Crippen molar-refractivity contribution in [2.45, 2.75) is 38.5 Å². The normalized spacial score (nSPS) is 41.0. The zero-order valence-electron chi connectivity index (χ0n) is 10.4. The van der Waals surface area contributed by atoms with Gasteiger partial charge < -0.3 is 5.32 Å². The van der Waals surface area contributed by atoms with Crippen molar-refractivity contribution in [2.24, 2.45) is 23.2 Å². The third kappa shape index (κ3) is 1.62. The Labute approximate surface area is 111 Å². The summed E-state index contributed by atoms with van der Waals surface area (Å²) in [6.07, 6.45) is 7.49. The van der Waals surface area contributed by atoms with Gasteiger partial charge in [0, 0.05) is 5.38 Å². The average molecular weight is 262 g/mol. The SMILES string of the molecule is O=C(Nc1cscn1)C12CC3CC(CC(C3)C1)C2. The average Bonchev–Trinajstić information content (AvgIpc) is 2.79. The summed E-state index contributed by atoms with van der Waals surface area (Å²) in [6, 6.07) is 0. The summed E-state index contributed by atoms with van der Waals surface area (Å²) in [6.45, 7) is 0. The number of hydrogen-bond acceptors (Lipinski definition) is 3. The van der Waals surface area contributed by atoms with Crippen molar-refractivity contribution in [1.29, 1.82) is 0 Å². The van der Waals surface area contributed by atoms with Crippen molar-refractivity contribution >= 4 is 23.1 Å². The van der Waals surface area contributed by atoms with Crippen molar-refractivity contribution < 1.29 is 4.79 Å². The van der Waals surface area contributed by atoms with E-state index in [0.29, 0.717) is 0 Å². The molecule has 1 N–H and O–H groups in total. The van der Waals surface area contributed by atoms with E-state index in [4.69, 9.17) is 0 Å². The van der Waals surface area contributed by atoms with Crippen LogP contribution in [0.15, 0.2) is 10.9 Å². The van der Waals surface area contributed by atoms with Gasteiger partial charge >= 0.3 is 0 Å². The van der Waals surface area contributed by atoms with Crippen molar-refractivity contribution in [3.05, 3.63) is 10.9 Å². The van der Waals surface area contributed by atoms with Crippen molar-refractivity contribution in [1.82, 2.24) is 4.98 Å². The summed E-state index contributed by atoms with van der Waals surface area (Å²) >= 11 is 1.53. The number of carbonyl (C=O) groups excluding carboxylic acids is 1. The molecule has 0 aromatic carbocycles. The maximum absolute atomic E-state index is 12.6. The minimum Gasteiger partial charge on any atom is -0.310 e. The first-order chi connectivity index (χ1) is 8.73. The Morgan fingerprint density at radius 1 is 1.22 bits per heavy atom. The third-order valence-corrected chi connectivity index (χ3v) is 5.78. The molecule has 1 heterocycles. The number of nitrogens with one attached hydrogen (secondary N) is 1. The fraction of sp³-hybridized carbons (Fsp3) is 0.714. The number of rotatable bonds is 2. The molecule has 0 spiro atoms. The second-order valence-electron chi connectivity index (χ2n) is 6.53. The molecule has 1 aromatic rings. The van der Waals surface area contributed by atoms with Crippen LogP contribution in [0.5, 0.6) is 0 Å². The molecule has 5 rings (SSSR count). The van der Waals surface area contributed by atoms with Gasteiger partial charge in [-0.3, -0.25) is 4.79 Å². The van der Waals surface area contributed by atoms with E-state index in [9.17, 15) is 4.79 Å². The van der Waals surface area contributed by atoms with E-state index in [0.717, 1.165) is 42.8 Å². The molecule has 4 aliphatic rings. The Balaban J connectivity index is 1.58. The number of amides is 1. The largest absolute Gasteiger partial charge is 0.310 e. The van der Waals surface area contributed by atoms with Crippen molar-refractivity contribution in [3.8, 4) is 0 Å². The lowest BCUT2D eigenvalue weighted by Gasteiger charge is -2.55. The van der Waals surface area contributed by atoms with Gasteiger partial charge in [-0.15, -0.1) is 11.3 Å². The molecule has 3 nitrogen and oxygen atoms in total. The number of carbonyl (C=O) groups is 1. The second kappa shape index (κ2) is 3.80. The van der Waals surface area contributed by atoms with E-state index >= 15 is 0 Å². The first-order valence-corrected chi connectivity index (χ1v) is 7.87. The van der Waals surface area contributed by atoms with Gasteiger partial charge in [0.1, 0.15) is 5.82 Å². The van der Waals surface area contributed by atoms with Crippen LogP contribution in [0.4, 0.5) is 5.82 Å². The topological polar surface area (TPSA) is 42.0 Å². The van der Waals surface area contributed by atoms with Crippen LogP contribution in [0.3, 0.4) is 0 Å². The summed E-state index contributed by atoms with van der Waals surface area (Å²) < 4.78 is 0. The molecule has 1 aromatic heterocycles. The fourth-order valence-corrected chi connectivity index (χ4v) is 5.40. The van der Waals surface area contributed by atoms with Crippen LogP contribution in [-0.4, -0.2) is 10.9 Å². The molecule has 0 aliphatic heterocycles. The molecule has 0 unspecified atom stereocenters. The molecule has 4 fully saturated rings. The van der Waals surface area contributed by atoms with E-state index < -0.39 is 0 Å². The summed E-state index contributed by atoms with van der Waals surface area (Å²) in [4.78, 5) is 16.8. The van der Waals surface area contributed by atoms with Crippen LogP contribution < -0.4 is 5.32 Å². The maximum Gasteiger partial charge on any atom is 0.231 e. The molecule has 4 bridgehead atoms. The zero-order chi connectivity index (χ0) is 12.2. The maximum atomic E-state index is 12.6. The molecule has 4 heteroatoms. The Bertz CT molecular complexity index is 433. The van der Waals surface area contributed by atoms with E-state index in [2.05, 4.69) is 10.3 Å². The smallest absolute Gasteiger partial charge is 0.231 e. The van der Waals surface area contributed by atoms with Crippen LogP contribution in [0.2, 0.25) is 0 Å². The van der Waals surface area contributed by atoms with Crippen molar-refractivity contribution in [3.63, 3.8) is 0 Å². The van der Waals surface area contributed by atoms with E-state index in [-0.39, 0.29) is 11.3 Å². The minimum absolute atomic E-state index is 0.0572. The number of hydrogen-bond donors (Lipinski definition) is 1. The van der Waals surface area contributed by atoms with Gasteiger partial charge in [0.15, 0.2) is 0 Å². The first-order valence-electron chi connectivity index (χ1n) is 6.93. The molecule has 18 heavy (non-hydrogen) atoms.